The summed E-state index contributed by atoms with van der Waals surface area (Å²) in [5.74, 6) is 0. The second kappa shape index (κ2) is 4.82. The smallest absolute Gasteiger partial charge is 0.266 e. The summed E-state index contributed by atoms with van der Waals surface area (Å²) in [7, 11) is 0. The van der Waals surface area contributed by atoms with Gasteiger partial charge >= 0.3 is 5.00 Å². The SMILES string of the molecule is Cc1nn2c(=O)/c(=C/c3ccc([N+](=O)[O-])s3)sc2nc1=O. The van der Waals surface area contributed by atoms with Crippen molar-refractivity contribution in [1.29, 1.82) is 0 Å². The molecule has 0 saturated carbocycles. The Morgan fingerprint density at radius 2 is 2.10 bits per heavy atom. The van der Waals surface area contributed by atoms with Crippen LogP contribution in [-0.2, 0) is 0 Å². The molecule has 0 aromatic carbocycles. The zero-order valence-corrected chi connectivity index (χ0v) is 12.1. The third-order valence-electron chi connectivity index (χ3n) is 2.61. The summed E-state index contributed by atoms with van der Waals surface area (Å²) in [6.07, 6.45) is 1.53. The Balaban J connectivity index is 2.22. The molecule has 10 heteroatoms. The van der Waals surface area contributed by atoms with Crippen LogP contribution in [0.15, 0.2) is 21.7 Å². The summed E-state index contributed by atoms with van der Waals surface area (Å²) in [6, 6.07) is 2.93. The number of fused-ring (bicyclic) bond motifs is 1. The van der Waals surface area contributed by atoms with E-state index in [1.54, 1.807) is 6.07 Å². The fraction of sp³-hybridized carbons (Fsp3) is 0.0909. The number of aryl methyl sites for hydroxylation is 1. The quantitative estimate of drug-likeness (QED) is 0.497. The average Bonchev–Trinajstić information content (AvgIpc) is 2.99. The summed E-state index contributed by atoms with van der Waals surface area (Å²) in [4.78, 5) is 38.3. The summed E-state index contributed by atoms with van der Waals surface area (Å²) in [5, 5.41) is 14.5. The summed E-state index contributed by atoms with van der Waals surface area (Å²) in [5.41, 5.74) is -0.739. The number of hydrogen-bond acceptors (Lipinski definition) is 8. The molecule has 106 valence electrons. The molecule has 0 amide bonds. The van der Waals surface area contributed by atoms with Gasteiger partial charge in [-0.1, -0.05) is 22.7 Å². The molecule has 0 radical (unpaired) electrons. The molecule has 3 aromatic rings. The van der Waals surface area contributed by atoms with Crippen LogP contribution >= 0.6 is 22.7 Å². The van der Waals surface area contributed by atoms with E-state index in [0.29, 0.717) is 9.41 Å². The van der Waals surface area contributed by atoms with Gasteiger partial charge in [-0.2, -0.15) is 14.6 Å². The normalized spacial score (nSPS) is 12.1. The number of thiazole rings is 1. The lowest BCUT2D eigenvalue weighted by molar-refractivity contribution is -0.380. The third kappa shape index (κ3) is 2.34. The van der Waals surface area contributed by atoms with Gasteiger partial charge in [0.1, 0.15) is 5.69 Å². The second-order valence-electron chi connectivity index (χ2n) is 4.05. The Labute approximate surface area is 123 Å². The Bertz CT molecular complexity index is 1030. The highest BCUT2D eigenvalue weighted by molar-refractivity contribution is 7.17. The third-order valence-corrected chi connectivity index (χ3v) is 4.55. The van der Waals surface area contributed by atoms with E-state index in [0.717, 1.165) is 27.2 Å². The lowest BCUT2D eigenvalue weighted by Crippen LogP contribution is -2.26. The van der Waals surface area contributed by atoms with Gasteiger partial charge in [-0.25, -0.2) is 0 Å². The molecule has 0 saturated heterocycles. The first-order valence-corrected chi connectivity index (χ1v) is 7.25. The molecule has 0 bridgehead atoms. The van der Waals surface area contributed by atoms with Crippen LogP contribution in [0.4, 0.5) is 5.00 Å². The van der Waals surface area contributed by atoms with Crippen LogP contribution in [0.3, 0.4) is 0 Å². The van der Waals surface area contributed by atoms with E-state index < -0.39 is 16.0 Å². The van der Waals surface area contributed by atoms with Crippen LogP contribution in [0.1, 0.15) is 10.6 Å². The van der Waals surface area contributed by atoms with E-state index in [2.05, 4.69) is 10.1 Å². The van der Waals surface area contributed by atoms with E-state index in [1.807, 2.05) is 0 Å². The molecule has 0 aliphatic heterocycles. The fourth-order valence-corrected chi connectivity index (χ4v) is 3.37. The fourth-order valence-electron chi connectivity index (χ4n) is 1.63. The Hall–Kier alpha value is -2.46. The topological polar surface area (TPSA) is 107 Å². The van der Waals surface area contributed by atoms with Crippen molar-refractivity contribution in [3.05, 3.63) is 58.1 Å². The average molecular weight is 322 g/mol. The lowest BCUT2D eigenvalue weighted by atomic mass is 10.4. The van der Waals surface area contributed by atoms with Crippen molar-refractivity contribution in [1.82, 2.24) is 14.6 Å². The summed E-state index contributed by atoms with van der Waals surface area (Å²) >= 11 is 1.98. The van der Waals surface area contributed by atoms with Crippen molar-refractivity contribution < 1.29 is 4.92 Å². The molecule has 0 atom stereocenters. The first kappa shape index (κ1) is 13.5. The second-order valence-corrected chi connectivity index (χ2v) is 6.15. The van der Waals surface area contributed by atoms with Crippen LogP contribution in [0, 0.1) is 17.0 Å². The molecule has 0 N–H and O–H groups in total. The van der Waals surface area contributed by atoms with Crippen LogP contribution < -0.4 is 15.7 Å². The standard InChI is InChI=1S/C11H6N4O4S2/c1-5-9(16)12-11-14(13-5)10(17)7(21-11)4-6-2-3-8(20-6)15(18)19/h2-4H,1H3/b7-4-. The Morgan fingerprint density at radius 1 is 1.33 bits per heavy atom. The Kier molecular flexibility index (Phi) is 3.11. The molecule has 0 aliphatic rings. The van der Waals surface area contributed by atoms with Crippen LogP contribution in [0.25, 0.3) is 11.0 Å². The zero-order valence-electron chi connectivity index (χ0n) is 10.5. The minimum atomic E-state index is -0.490. The molecule has 3 rings (SSSR count). The number of hydrogen-bond donors (Lipinski definition) is 0. The number of rotatable bonds is 2. The number of nitro groups is 1. The monoisotopic (exact) mass is 322 g/mol. The largest absolute Gasteiger partial charge is 0.324 e. The predicted molar refractivity (Wildman–Crippen MR) is 77.9 cm³/mol. The molecule has 8 nitrogen and oxygen atoms in total. The van der Waals surface area contributed by atoms with E-state index in [1.165, 1.54) is 19.1 Å². The van der Waals surface area contributed by atoms with E-state index >= 15 is 0 Å². The Morgan fingerprint density at radius 3 is 2.76 bits per heavy atom. The van der Waals surface area contributed by atoms with Gasteiger partial charge in [0.2, 0.25) is 4.96 Å². The van der Waals surface area contributed by atoms with Gasteiger partial charge in [0, 0.05) is 10.9 Å². The van der Waals surface area contributed by atoms with Gasteiger partial charge in [0.15, 0.2) is 0 Å². The minimum Gasteiger partial charge on any atom is -0.266 e. The van der Waals surface area contributed by atoms with Gasteiger partial charge in [-0.05, 0) is 19.1 Å². The number of aromatic nitrogens is 3. The van der Waals surface area contributed by atoms with Crippen LogP contribution in [-0.4, -0.2) is 19.5 Å². The molecular formula is C11H6N4O4S2. The molecule has 0 aliphatic carbocycles. The molecular weight excluding hydrogens is 316 g/mol. The number of nitrogens with zero attached hydrogens (tertiary/aromatic N) is 4. The molecule has 3 aromatic heterocycles. The highest BCUT2D eigenvalue weighted by atomic mass is 32.1. The van der Waals surface area contributed by atoms with Gasteiger partial charge in [0.05, 0.1) is 9.46 Å². The molecule has 21 heavy (non-hydrogen) atoms. The molecule has 0 unspecified atom stereocenters. The van der Waals surface area contributed by atoms with Gasteiger partial charge < -0.3 is 0 Å². The van der Waals surface area contributed by atoms with Crippen molar-refractivity contribution in [2.45, 2.75) is 6.92 Å². The molecule has 0 fully saturated rings. The minimum absolute atomic E-state index is 0.00333. The van der Waals surface area contributed by atoms with Crippen LogP contribution in [0.5, 0.6) is 0 Å². The van der Waals surface area contributed by atoms with Crippen molar-refractivity contribution in [2.24, 2.45) is 0 Å². The highest BCUT2D eigenvalue weighted by Crippen LogP contribution is 2.24. The highest BCUT2D eigenvalue weighted by Gasteiger charge is 2.11. The van der Waals surface area contributed by atoms with Crippen molar-refractivity contribution in [3.8, 4) is 0 Å². The van der Waals surface area contributed by atoms with Crippen molar-refractivity contribution in [3.63, 3.8) is 0 Å². The lowest BCUT2D eigenvalue weighted by Gasteiger charge is -1.89. The van der Waals surface area contributed by atoms with E-state index in [-0.39, 0.29) is 15.7 Å². The van der Waals surface area contributed by atoms with Gasteiger partial charge in [0.25, 0.3) is 11.1 Å². The maximum absolute atomic E-state index is 12.1. The van der Waals surface area contributed by atoms with Crippen molar-refractivity contribution >= 4 is 38.7 Å². The summed E-state index contributed by atoms with van der Waals surface area (Å²) in [6.45, 7) is 1.48. The first-order valence-electron chi connectivity index (χ1n) is 5.62. The van der Waals surface area contributed by atoms with Crippen molar-refractivity contribution in [2.75, 3.05) is 0 Å². The maximum Gasteiger partial charge on any atom is 0.324 e. The first-order chi connectivity index (χ1) is 9.95. The van der Waals surface area contributed by atoms with E-state index in [4.69, 9.17) is 0 Å². The predicted octanol–water partition coefficient (Wildman–Crippen LogP) is 0.337. The van der Waals surface area contributed by atoms with Crippen LogP contribution in [0.2, 0.25) is 0 Å². The zero-order chi connectivity index (χ0) is 15.1. The number of thiophene rings is 1. The van der Waals surface area contributed by atoms with E-state index in [9.17, 15) is 19.7 Å². The van der Waals surface area contributed by atoms with Gasteiger partial charge in [-0.3, -0.25) is 19.7 Å². The van der Waals surface area contributed by atoms with Gasteiger partial charge in [-0.15, -0.1) is 0 Å². The summed E-state index contributed by atoms with van der Waals surface area (Å²) < 4.78 is 1.38. The maximum atomic E-state index is 12.1. The molecule has 0 spiro atoms. The molecule has 3 heterocycles.